The first kappa shape index (κ1) is 9.33. The van der Waals surface area contributed by atoms with Crippen molar-refractivity contribution in [2.24, 2.45) is 0 Å². The summed E-state index contributed by atoms with van der Waals surface area (Å²) in [4.78, 5) is 8.76. The Balaban J connectivity index is 2.34. The van der Waals surface area contributed by atoms with Crippen molar-refractivity contribution in [2.45, 2.75) is 0 Å². The maximum absolute atomic E-state index is 8.92. The van der Waals surface area contributed by atoms with Gasteiger partial charge in [0.05, 0.1) is 10.6 Å². The normalized spacial score (nSPS) is 10.1. The summed E-state index contributed by atoms with van der Waals surface area (Å²) in [6, 6.07) is 5.26. The van der Waals surface area contributed by atoms with Gasteiger partial charge in [-0.3, -0.25) is 0 Å². The molecule has 0 spiro atoms. The van der Waals surface area contributed by atoms with Gasteiger partial charge in [-0.1, -0.05) is 6.07 Å². The zero-order chi connectivity index (χ0) is 9.97. The van der Waals surface area contributed by atoms with E-state index in [2.05, 4.69) is 9.97 Å². The lowest BCUT2D eigenvalue weighted by Crippen LogP contribution is -2.26. The van der Waals surface area contributed by atoms with Crippen LogP contribution in [0.2, 0.25) is 0 Å². The van der Waals surface area contributed by atoms with Crippen LogP contribution in [-0.4, -0.2) is 27.1 Å². The summed E-state index contributed by atoms with van der Waals surface area (Å²) in [6.07, 6.45) is 3.11. The van der Waals surface area contributed by atoms with Crippen LogP contribution in [0.1, 0.15) is 0 Å². The third-order valence-electron chi connectivity index (χ3n) is 1.72. The fourth-order valence-electron chi connectivity index (χ4n) is 1.07. The monoisotopic (exact) mass is 206 g/mol. The molecular formula is C8H7BN2O2S. The van der Waals surface area contributed by atoms with Crippen molar-refractivity contribution in [2.75, 3.05) is 0 Å². The Kier molecular flexibility index (Phi) is 2.58. The lowest BCUT2D eigenvalue weighted by atomic mass is 9.90. The van der Waals surface area contributed by atoms with Gasteiger partial charge in [0.1, 0.15) is 6.33 Å². The van der Waals surface area contributed by atoms with Crippen LogP contribution < -0.4 is 4.78 Å². The molecular weight excluding hydrogens is 199 g/mol. The molecule has 0 radical (unpaired) electrons. The molecule has 70 valence electrons. The lowest BCUT2D eigenvalue weighted by Gasteiger charge is -1.93. The minimum atomic E-state index is -1.41. The number of hydrogen-bond donors (Lipinski definition) is 2. The standard InChI is InChI=1S/C8H7BN2O2S/c12-9(13)8-2-1-7(14-8)6-3-4-10-5-11-6/h1-5,12-13H. The maximum Gasteiger partial charge on any atom is 0.499 e. The van der Waals surface area contributed by atoms with Crippen molar-refractivity contribution >= 4 is 23.2 Å². The van der Waals surface area contributed by atoms with Crippen LogP contribution in [0.5, 0.6) is 0 Å². The van der Waals surface area contributed by atoms with E-state index in [1.165, 1.54) is 17.7 Å². The minimum Gasteiger partial charge on any atom is -0.423 e. The number of nitrogens with zero attached hydrogens (tertiary/aromatic N) is 2. The molecule has 2 aromatic rings. The molecule has 2 rings (SSSR count). The van der Waals surface area contributed by atoms with Crippen molar-refractivity contribution in [3.8, 4) is 10.6 Å². The Hall–Kier alpha value is -1.24. The molecule has 0 aliphatic heterocycles. The van der Waals surface area contributed by atoms with Gasteiger partial charge in [-0.15, -0.1) is 11.3 Å². The molecule has 2 aromatic heterocycles. The van der Waals surface area contributed by atoms with Crippen molar-refractivity contribution < 1.29 is 10.0 Å². The SMILES string of the molecule is OB(O)c1ccc(-c2ccncn2)s1. The zero-order valence-electron chi connectivity index (χ0n) is 7.16. The average Bonchev–Trinajstić information content (AvgIpc) is 2.68. The second-order valence-corrected chi connectivity index (χ2v) is 3.79. The fraction of sp³-hybridized carbons (Fsp3) is 0. The van der Waals surface area contributed by atoms with E-state index >= 15 is 0 Å². The number of aromatic nitrogens is 2. The third-order valence-corrected chi connectivity index (χ3v) is 2.86. The molecule has 0 unspecified atom stereocenters. The zero-order valence-corrected chi connectivity index (χ0v) is 7.98. The van der Waals surface area contributed by atoms with Crippen LogP contribution in [0, 0.1) is 0 Å². The van der Waals surface area contributed by atoms with Crippen LogP contribution in [0.4, 0.5) is 0 Å². The van der Waals surface area contributed by atoms with Gasteiger partial charge in [-0.2, -0.15) is 0 Å². The highest BCUT2D eigenvalue weighted by Crippen LogP contribution is 2.20. The summed E-state index contributed by atoms with van der Waals surface area (Å²) in [6.45, 7) is 0. The third kappa shape index (κ3) is 1.82. The molecule has 0 amide bonds. The highest BCUT2D eigenvalue weighted by Gasteiger charge is 2.14. The molecule has 2 heterocycles. The van der Waals surface area contributed by atoms with E-state index in [-0.39, 0.29) is 0 Å². The van der Waals surface area contributed by atoms with E-state index in [0.717, 1.165) is 10.6 Å². The Bertz CT molecular complexity index is 418. The van der Waals surface area contributed by atoms with Crippen LogP contribution in [0.25, 0.3) is 10.6 Å². The lowest BCUT2D eigenvalue weighted by molar-refractivity contribution is 0.427. The van der Waals surface area contributed by atoms with Crippen LogP contribution in [0.3, 0.4) is 0 Å². The van der Waals surface area contributed by atoms with Crippen molar-refractivity contribution in [3.63, 3.8) is 0 Å². The second-order valence-electron chi connectivity index (χ2n) is 2.67. The first-order chi connectivity index (χ1) is 6.77. The van der Waals surface area contributed by atoms with Gasteiger partial charge in [-0.05, 0) is 12.1 Å². The number of rotatable bonds is 2. The second kappa shape index (κ2) is 3.87. The predicted octanol–water partition coefficient (Wildman–Crippen LogP) is -0.115. The summed E-state index contributed by atoms with van der Waals surface area (Å²) < 4.78 is 0.513. The molecule has 0 saturated heterocycles. The summed E-state index contributed by atoms with van der Waals surface area (Å²) in [7, 11) is -1.41. The van der Waals surface area contributed by atoms with Gasteiger partial charge in [0.2, 0.25) is 0 Å². The molecule has 0 aliphatic carbocycles. The first-order valence-electron chi connectivity index (χ1n) is 3.99. The largest absolute Gasteiger partial charge is 0.499 e. The van der Waals surface area contributed by atoms with E-state index in [1.807, 2.05) is 6.07 Å². The van der Waals surface area contributed by atoms with Crippen molar-refractivity contribution in [1.82, 2.24) is 9.97 Å². The Morgan fingerprint density at radius 1 is 1.21 bits per heavy atom. The molecule has 0 atom stereocenters. The highest BCUT2D eigenvalue weighted by molar-refractivity contribution is 7.24. The quantitative estimate of drug-likeness (QED) is 0.672. The molecule has 0 aromatic carbocycles. The summed E-state index contributed by atoms with van der Waals surface area (Å²) in [5.74, 6) is 0. The topological polar surface area (TPSA) is 66.2 Å². The summed E-state index contributed by atoms with van der Waals surface area (Å²) in [5.41, 5.74) is 0.789. The Labute approximate surface area is 85.0 Å². The molecule has 14 heavy (non-hydrogen) atoms. The van der Waals surface area contributed by atoms with Crippen LogP contribution in [-0.2, 0) is 0 Å². The number of hydrogen-bond acceptors (Lipinski definition) is 5. The molecule has 6 heteroatoms. The summed E-state index contributed by atoms with van der Waals surface area (Å²) in [5, 5.41) is 17.8. The van der Waals surface area contributed by atoms with Crippen molar-refractivity contribution in [1.29, 1.82) is 0 Å². The highest BCUT2D eigenvalue weighted by atomic mass is 32.1. The van der Waals surface area contributed by atoms with E-state index in [4.69, 9.17) is 10.0 Å². The first-order valence-corrected chi connectivity index (χ1v) is 4.81. The van der Waals surface area contributed by atoms with Crippen molar-refractivity contribution in [3.05, 3.63) is 30.7 Å². The summed E-state index contributed by atoms with van der Waals surface area (Å²) >= 11 is 1.30. The van der Waals surface area contributed by atoms with Gasteiger partial charge in [0.25, 0.3) is 0 Å². The van der Waals surface area contributed by atoms with Gasteiger partial charge in [0.15, 0.2) is 0 Å². The smallest absolute Gasteiger partial charge is 0.423 e. The maximum atomic E-state index is 8.92. The van der Waals surface area contributed by atoms with Crippen LogP contribution >= 0.6 is 11.3 Å². The van der Waals surface area contributed by atoms with Gasteiger partial charge in [-0.25, -0.2) is 9.97 Å². The Morgan fingerprint density at radius 2 is 2.07 bits per heavy atom. The molecule has 0 aliphatic rings. The number of thiophene rings is 1. The predicted molar refractivity (Wildman–Crippen MR) is 55.2 cm³/mol. The van der Waals surface area contributed by atoms with E-state index < -0.39 is 7.12 Å². The van der Waals surface area contributed by atoms with E-state index in [9.17, 15) is 0 Å². The molecule has 4 nitrogen and oxygen atoms in total. The molecule has 0 saturated carbocycles. The minimum absolute atomic E-state index is 0.513. The van der Waals surface area contributed by atoms with E-state index in [0.29, 0.717) is 4.78 Å². The Morgan fingerprint density at radius 3 is 2.64 bits per heavy atom. The van der Waals surface area contributed by atoms with Gasteiger partial charge >= 0.3 is 7.12 Å². The molecule has 0 bridgehead atoms. The van der Waals surface area contributed by atoms with Gasteiger partial charge in [0, 0.05) is 11.0 Å². The van der Waals surface area contributed by atoms with Gasteiger partial charge < -0.3 is 10.0 Å². The average molecular weight is 206 g/mol. The fourth-order valence-corrected chi connectivity index (χ4v) is 1.92. The molecule has 0 fully saturated rings. The molecule has 2 N–H and O–H groups in total. The van der Waals surface area contributed by atoms with E-state index in [1.54, 1.807) is 18.3 Å². The van der Waals surface area contributed by atoms with Crippen LogP contribution in [0.15, 0.2) is 30.7 Å².